The van der Waals surface area contributed by atoms with Crippen LogP contribution >= 0.6 is 0 Å². The summed E-state index contributed by atoms with van der Waals surface area (Å²) in [7, 11) is 0. The van der Waals surface area contributed by atoms with E-state index in [4.69, 9.17) is 0 Å². The maximum absolute atomic E-state index is 10.8. The van der Waals surface area contributed by atoms with E-state index < -0.39 is 57.5 Å². The van der Waals surface area contributed by atoms with Crippen LogP contribution in [0.4, 0.5) is 0 Å². The molecule has 7 rings (SSSR count). The van der Waals surface area contributed by atoms with E-state index in [0.717, 1.165) is 11.1 Å². The molecular formula is C38H26O10. The third-order valence-corrected chi connectivity index (χ3v) is 8.56. The summed E-state index contributed by atoms with van der Waals surface area (Å²) in [6, 6.07) is 28.6. The van der Waals surface area contributed by atoms with E-state index in [2.05, 4.69) is 0 Å². The molecule has 0 fully saturated rings. The average molecular weight is 643 g/mol. The zero-order valence-electron chi connectivity index (χ0n) is 24.7. The molecule has 0 bridgehead atoms. The van der Waals surface area contributed by atoms with E-state index in [0.29, 0.717) is 32.7 Å². The van der Waals surface area contributed by atoms with Crippen molar-refractivity contribution < 1.29 is 51.1 Å². The van der Waals surface area contributed by atoms with Crippen LogP contribution in [0.2, 0.25) is 0 Å². The van der Waals surface area contributed by atoms with Crippen molar-refractivity contribution in [2.75, 3.05) is 0 Å². The van der Waals surface area contributed by atoms with Crippen molar-refractivity contribution in [3.63, 3.8) is 0 Å². The quantitative estimate of drug-likeness (QED) is 0.0514. The molecule has 10 N–H and O–H groups in total. The third-order valence-electron chi connectivity index (χ3n) is 8.56. The molecule has 0 aliphatic rings. The van der Waals surface area contributed by atoms with Crippen LogP contribution in [0.5, 0.6) is 57.5 Å². The first-order chi connectivity index (χ1) is 23.0. The van der Waals surface area contributed by atoms with Gasteiger partial charge in [-0.05, 0) is 67.1 Å². The molecule has 0 unspecified atom stereocenters. The smallest absolute Gasteiger partial charge is 0.208 e. The normalized spacial score (nSPS) is 11.3. The predicted octanol–water partition coefficient (Wildman–Crippen LogP) is 7.72. The molecule has 0 saturated carbocycles. The SMILES string of the molecule is Oc1c(O)c(O)c(-c2ccc3c(-c4ccccc4)c4cc(-c5c(O)c(O)c(O)c(O)c5O)ccc4c(-c4ccccc4)c3c2)c(O)c1O. The van der Waals surface area contributed by atoms with E-state index in [9.17, 15) is 51.1 Å². The summed E-state index contributed by atoms with van der Waals surface area (Å²) in [4.78, 5) is 0. The Kier molecular flexibility index (Phi) is 6.72. The molecule has 10 nitrogen and oxygen atoms in total. The molecule has 0 atom stereocenters. The monoisotopic (exact) mass is 642 g/mol. The zero-order chi connectivity index (χ0) is 34.0. The molecule has 48 heavy (non-hydrogen) atoms. The Morgan fingerprint density at radius 1 is 0.229 bits per heavy atom. The molecule has 0 radical (unpaired) electrons. The van der Waals surface area contributed by atoms with Gasteiger partial charge >= 0.3 is 0 Å². The first kappa shape index (κ1) is 29.8. The highest BCUT2D eigenvalue weighted by molar-refractivity contribution is 6.22. The maximum atomic E-state index is 10.8. The Bertz CT molecular complexity index is 2210. The molecule has 0 aromatic heterocycles. The van der Waals surface area contributed by atoms with Crippen LogP contribution in [-0.4, -0.2) is 51.1 Å². The zero-order valence-corrected chi connectivity index (χ0v) is 24.7. The molecule has 0 aliphatic carbocycles. The standard InChI is InChI=1S/C38H26O10/c39-29-27(30(40)34(44)37(47)33(29)43)19-12-14-22-23(15-19)25(17-7-3-1-4-8-17)21-13-11-20(16-24(21)26(22)18-9-5-2-6-10-18)28-31(41)35(45)38(48)36(46)32(28)42/h1-16,39-48H. The van der Waals surface area contributed by atoms with Gasteiger partial charge in [-0.2, -0.15) is 0 Å². The van der Waals surface area contributed by atoms with E-state index >= 15 is 0 Å². The predicted molar refractivity (Wildman–Crippen MR) is 180 cm³/mol. The first-order valence-electron chi connectivity index (χ1n) is 14.5. The molecule has 0 spiro atoms. The molecule has 7 aromatic carbocycles. The minimum Gasteiger partial charge on any atom is -0.504 e. The topological polar surface area (TPSA) is 202 Å². The fourth-order valence-corrected chi connectivity index (χ4v) is 6.29. The van der Waals surface area contributed by atoms with Crippen LogP contribution < -0.4 is 0 Å². The molecule has 10 heteroatoms. The fraction of sp³-hybridized carbons (Fsp3) is 0. The number of phenols is 10. The molecule has 0 aliphatic heterocycles. The number of phenolic OH excluding ortho intramolecular Hbond substituents is 10. The lowest BCUT2D eigenvalue weighted by atomic mass is 9.83. The summed E-state index contributed by atoms with van der Waals surface area (Å²) < 4.78 is 0. The van der Waals surface area contributed by atoms with Crippen LogP contribution in [0.15, 0.2) is 97.1 Å². The second-order valence-corrected chi connectivity index (χ2v) is 11.2. The second kappa shape index (κ2) is 10.8. The van der Waals surface area contributed by atoms with Gasteiger partial charge in [-0.15, -0.1) is 0 Å². The maximum Gasteiger partial charge on any atom is 0.208 e. The highest BCUT2D eigenvalue weighted by Gasteiger charge is 2.27. The van der Waals surface area contributed by atoms with Gasteiger partial charge in [-0.3, -0.25) is 0 Å². The Morgan fingerprint density at radius 2 is 0.521 bits per heavy atom. The highest BCUT2D eigenvalue weighted by Crippen LogP contribution is 2.57. The van der Waals surface area contributed by atoms with Gasteiger partial charge in [0.05, 0.1) is 11.1 Å². The second-order valence-electron chi connectivity index (χ2n) is 11.2. The lowest BCUT2D eigenvalue weighted by Gasteiger charge is -2.20. The van der Waals surface area contributed by atoms with Gasteiger partial charge < -0.3 is 51.1 Å². The van der Waals surface area contributed by atoms with E-state index in [1.54, 1.807) is 36.4 Å². The minimum atomic E-state index is -1.07. The Balaban J connectivity index is 1.65. The minimum absolute atomic E-state index is 0.208. The van der Waals surface area contributed by atoms with Crippen molar-refractivity contribution >= 4 is 21.5 Å². The number of fused-ring (bicyclic) bond motifs is 2. The van der Waals surface area contributed by atoms with Crippen molar-refractivity contribution in [2.45, 2.75) is 0 Å². The van der Waals surface area contributed by atoms with Gasteiger partial charge in [0, 0.05) is 0 Å². The van der Waals surface area contributed by atoms with Gasteiger partial charge in [0.2, 0.25) is 34.5 Å². The summed E-state index contributed by atoms with van der Waals surface area (Å²) >= 11 is 0. The van der Waals surface area contributed by atoms with Gasteiger partial charge in [0.15, 0.2) is 23.0 Å². The van der Waals surface area contributed by atoms with Gasteiger partial charge in [-0.1, -0.05) is 84.9 Å². The Hall–Kier alpha value is -6.94. The van der Waals surface area contributed by atoms with Gasteiger partial charge in [0.25, 0.3) is 0 Å². The van der Waals surface area contributed by atoms with E-state index in [1.807, 2.05) is 60.7 Å². The molecule has 7 aromatic rings. The van der Waals surface area contributed by atoms with Crippen molar-refractivity contribution in [1.82, 2.24) is 0 Å². The molecule has 238 valence electrons. The summed E-state index contributed by atoms with van der Waals surface area (Å²) in [6.07, 6.45) is 0. The molecule has 0 heterocycles. The van der Waals surface area contributed by atoms with Crippen molar-refractivity contribution in [2.24, 2.45) is 0 Å². The average Bonchev–Trinajstić information content (AvgIpc) is 3.11. The van der Waals surface area contributed by atoms with Crippen molar-refractivity contribution in [3.05, 3.63) is 97.1 Å². The van der Waals surface area contributed by atoms with Gasteiger partial charge in [0.1, 0.15) is 0 Å². The lowest BCUT2D eigenvalue weighted by Crippen LogP contribution is -1.93. The fourth-order valence-electron chi connectivity index (χ4n) is 6.29. The number of hydrogen-bond acceptors (Lipinski definition) is 10. The molecular weight excluding hydrogens is 616 g/mol. The van der Waals surface area contributed by atoms with Crippen LogP contribution in [-0.2, 0) is 0 Å². The van der Waals surface area contributed by atoms with Gasteiger partial charge in [-0.25, -0.2) is 0 Å². The summed E-state index contributed by atoms with van der Waals surface area (Å²) in [5.74, 6) is -9.49. The van der Waals surface area contributed by atoms with Crippen molar-refractivity contribution in [3.8, 4) is 102 Å². The lowest BCUT2D eigenvalue weighted by molar-refractivity contribution is 0.330. The number of rotatable bonds is 4. The highest BCUT2D eigenvalue weighted by atomic mass is 16.4. The largest absolute Gasteiger partial charge is 0.504 e. The van der Waals surface area contributed by atoms with Crippen LogP contribution in [0, 0.1) is 0 Å². The van der Waals surface area contributed by atoms with Crippen LogP contribution in [0.3, 0.4) is 0 Å². The summed E-state index contributed by atoms with van der Waals surface area (Å²) in [5, 5.41) is 107. The first-order valence-corrected chi connectivity index (χ1v) is 14.5. The number of benzene rings is 7. The van der Waals surface area contributed by atoms with Crippen LogP contribution in [0.1, 0.15) is 0 Å². The van der Waals surface area contributed by atoms with Crippen molar-refractivity contribution in [1.29, 1.82) is 0 Å². The Labute approximate surface area is 271 Å². The van der Waals surface area contributed by atoms with E-state index in [1.165, 1.54) is 0 Å². The molecule has 0 saturated heterocycles. The molecule has 0 amide bonds. The third kappa shape index (κ3) is 4.27. The Morgan fingerprint density at radius 3 is 0.833 bits per heavy atom. The van der Waals surface area contributed by atoms with E-state index in [-0.39, 0.29) is 22.3 Å². The number of hydrogen-bond donors (Lipinski definition) is 10. The number of aromatic hydroxyl groups is 10. The summed E-state index contributed by atoms with van der Waals surface area (Å²) in [5.41, 5.74) is 2.74. The van der Waals surface area contributed by atoms with Crippen LogP contribution in [0.25, 0.3) is 66.1 Å². The summed E-state index contributed by atoms with van der Waals surface area (Å²) in [6.45, 7) is 0.